The third-order valence-corrected chi connectivity index (χ3v) is 1.80. The van der Waals surface area contributed by atoms with Crippen molar-refractivity contribution in [3.05, 3.63) is 11.8 Å². The SMILES string of the molecule is CCOCCCc1nnc(C(=O)OCC)o1. The van der Waals surface area contributed by atoms with Crippen molar-refractivity contribution in [3.8, 4) is 0 Å². The molecule has 0 spiro atoms. The Morgan fingerprint density at radius 3 is 2.81 bits per heavy atom. The van der Waals surface area contributed by atoms with Gasteiger partial charge in [0.15, 0.2) is 0 Å². The van der Waals surface area contributed by atoms with Gasteiger partial charge in [0.2, 0.25) is 5.89 Å². The summed E-state index contributed by atoms with van der Waals surface area (Å²) in [4.78, 5) is 11.2. The lowest BCUT2D eigenvalue weighted by Gasteiger charge is -1.97. The average Bonchev–Trinajstić information content (AvgIpc) is 2.73. The van der Waals surface area contributed by atoms with Gasteiger partial charge in [0.05, 0.1) is 6.61 Å². The third kappa shape index (κ3) is 3.98. The van der Waals surface area contributed by atoms with E-state index < -0.39 is 5.97 Å². The Morgan fingerprint density at radius 2 is 2.12 bits per heavy atom. The summed E-state index contributed by atoms with van der Waals surface area (Å²) >= 11 is 0. The van der Waals surface area contributed by atoms with Crippen molar-refractivity contribution < 1.29 is 18.7 Å². The van der Waals surface area contributed by atoms with Crippen molar-refractivity contribution in [1.29, 1.82) is 0 Å². The summed E-state index contributed by atoms with van der Waals surface area (Å²) in [5.74, 6) is -0.234. The predicted molar refractivity (Wildman–Crippen MR) is 55.1 cm³/mol. The van der Waals surface area contributed by atoms with Crippen LogP contribution in [0.4, 0.5) is 0 Å². The van der Waals surface area contributed by atoms with E-state index in [-0.39, 0.29) is 5.89 Å². The van der Waals surface area contributed by atoms with Gasteiger partial charge in [0.25, 0.3) is 0 Å². The number of hydrogen-bond donors (Lipinski definition) is 0. The van der Waals surface area contributed by atoms with Crippen molar-refractivity contribution in [1.82, 2.24) is 10.2 Å². The van der Waals surface area contributed by atoms with Gasteiger partial charge in [-0.25, -0.2) is 4.79 Å². The van der Waals surface area contributed by atoms with Gasteiger partial charge in [-0.3, -0.25) is 0 Å². The molecule has 0 fully saturated rings. The number of aryl methyl sites for hydroxylation is 1. The zero-order valence-corrected chi connectivity index (χ0v) is 9.56. The highest BCUT2D eigenvalue weighted by molar-refractivity contribution is 5.83. The van der Waals surface area contributed by atoms with Gasteiger partial charge in [-0.05, 0) is 20.3 Å². The fourth-order valence-corrected chi connectivity index (χ4v) is 1.10. The number of carbonyl (C=O) groups excluding carboxylic acids is 1. The maximum atomic E-state index is 11.2. The first-order chi connectivity index (χ1) is 7.77. The summed E-state index contributed by atoms with van der Waals surface area (Å²) in [6, 6.07) is 0. The lowest BCUT2D eigenvalue weighted by molar-refractivity contribution is 0.0478. The van der Waals surface area contributed by atoms with E-state index in [1.54, 1.807) is 6.92 Å². The standard InChI is InChI=1S/C10H16N2O4/c1-3-14-7-5-6-8-11-12-9(16-8)10(13)15-4-2/h3-7H2,1-2H3. The highest BCUT2D eigenvalue weighted by Gasteiger charge is 2.15. The van der Waals surface area contributed by atoms with E-state index in [9.17, 15) is 4.79 Å². The molecular weight excluding hydrogens is 212 g/mol. The Labute approximate surface area is 93.9 Å². The zero-order chi connectivity index (χ0) is 11.8. The Kier molecular flexibility index (Phi) is 5.49. The normalized spacial score (nSPS) is 10.4. The molecule has 6 nitrogen and oxygen atoms in total. The minimum Gasteiger partial charge on any atom is -0.459 e. The molecule has 0 aliphatic rings. The van der Waals surface area contributed by atoms with Crippen LogP contribution in [0, 0.1) is 0 Å². The molecule has 0 aliphatic carbocycles. The van der Waals surface area contributed by atoms with Crippen molar-refractivity contribution in [2.75, 3.05) is 19.8 Å². The van der Waals surface area contributed by atoms with E-state index in [4.69, 9.17) is 13.9 Å². The van der Waals surface area contributed by atoms with Crippen molar-refractivity contribution >= 4 is 5.97 Å². The van der Waals surface area contributed by atoms with Crippen molar-refractivity contribution in [2.24, 2.45) is 0 Å². The van der Waals surface area contributed by atoms with Crippen LogP contribution >= 0.6 is 0 Å². The first-order valence-electron chi connectivity index (χ1n) is 5.35. The number of ether oxygens (including phenoxy) is 2. The van der Waals surface area contributed by atoms with Crippen LogP contribution in [0.1, 0.15) is 36.8 Å². The number of esters is 1. The minimum atomic E-state index is -0.578. The molecule has 1 heterocycles. The first-order valence-corrected chi connectivity index (χ1v) is 5.35. The molecule has 0 aromatic carbocycles. The molecule has 90 valence electrons. The Bertz CT molecular complexity index is 324. The first kappa shape index (κ1) is 12.6. The summed E-state index contributed by atoms with van der Waals surface area (Å²) in [6.45, 7) is 5.29. The van der Waals surface area contributed by atoms with Crippen LogP contribution in [-0.2, 0) is 15.9 Å². The van der Waals surface area contributed by atoms with E-state index in [2.05, 4.69) is 10.2 Å². The maximum Gasteiger partial charge on any atom is 0.396 e. The Balaban J connectivity index is 2.36. The number of nitrogens with zero attached hydrogens (tertiary/aromatic N) is 2. The molecule has 0 radical (unpaired) electrons. The average molecular weight is 228 g/mol. The Hall–Kier alpha value is -1.43. The molecule has 0 N–H and O–H groups in total. The predicted octanol–water partition coefficient (Wildman–Crippen LogP) is 1.22. The van der Waals surface area contributed by atoms with Gasteiger partial charge >= 0.3 is 11.9 Å². The van der Waals surface area contributed by atoms with Gasteiger partial charge in [0, 0.05) is 19.6 Å². The summed E-state index contributed by atoms with van der Waals surface area (Å²) in [7, 11) is 0. The third-order valence-electron chi connectivity index (χ3n) is 1.80. The largest absolute Gasteiger partial charge is 0.459 e. The summed E-state index contributed by atoms with van der Waals surface area (Å²) in [5, 5.41) is 7.35. The molecule has 0 unspecified atom stereocenters. The molecule has 0 saturated heterocycles. The van der Waals surface area contributed by atoms with Crippen molar-refractivity contribution in [3.63, 3.8) is 0 Å². The van der Waals surface area contributed by atoms with Gasteiger partial charge in [0.1, 0.15) is 0 Å². The summed E-state index contributed by atoms with van der Waals surface area (Å²) < 4.78 is 15.0. The van der Waals surface area contributed by atoms with E-state index >= 15 is 0 Å². The molecule has 1 rings (SSSR count). The summed E-state index contributed by atoms with van der Waals surface area (Å²) in [5.41, 5.74) is 0. The van der Waals surface area contributed by atoms with Crippen LogP contribution in [0.25, 0.3) is 0 Å². The van der Waals surface area contributed by atoms with E-state index in [1.807, 2.05) is 6.92 Å². The van der Waals surface area contributed by atoms with Gasteiger partial charge in [-0.1, -0.05) is 0 Å². The Morgan fingerprint density at radius 1 is 1.31 bits per heavy atom. The van der Waals surface area contributed by atoms with E-state index in [0.717, 1.165) is 6.42 Å². The lowest BCUT2D eigenvalue weighted by atomic mass is 10.3. The summed E-state index contributed by atoms with van der Waals surface area (Å²) in [6.07, 6.45) is 1.39. The fourth-order valence-electron chi connectivity index (χ4n) is 1.10. The number of aromatic nitrogens is 2. The molecule has 0 bridgehead atoms. The van der Waals surface area contributed by atoms with Crippen LogP contribution in [0.2, 0.25) is 0 Å². The van der Waals surface area contributed by atoms with Gasteiger partial charge in [-0.15, -0.1) is 10.2 Å². The zero-order valence-electron chi connectivity index (χ0n) is 9.56. The smallest absolute Gasteiger partial charge is 0.396 e. The fraction of sp³-hybridized carbons (Fsp3) is 0.700. The molecule has 1 aromatic rings. The second kappa shape index (κ2) is 6.95. The number of carbonyl (C=O) groups is 1. The molecular formula is C10H16N2O4. The molecule has 16 heavy (non-hydrogen) atoms. The van der Waals surface area contributed by atoms with Crippen LogP contribution in [0.15, 0.2) is 4.42 Å². The quantitative estimate of drug-likeness (QED) is 0.516. The van der Waals surface area contributed by atoms with Crippen LogP contribution in [0.5, 0.6) is 0 Å². The highest BCUT2D eigenvalue weighted by Crippen LogP contribution is 2.04. The molecule has 6 heteroatoms. The van der Waals surface area contributed by atoms with Gasteiger partial charge in [-0.2, -0.15) is 0 Å². The molecule has 0 saturated carbocycles. The lowest BCUT2D eigenvalue weighted by Crippen LogP contribution is -2.04. The van der Waals surface area contributed by atoms with Gasteiger partial charge < -0.3 is 13.9 Å². The van der Waals surface area contributed by atoms with Crippen LogP contribution < -0.4 is 0 Å². The second-order valence-corrected chi connectivity index (χ2v) is 3.02. The van der Waals surface area contributed by atoms with Crippen LogP contribution in [-0.4, -0.2) is 36.0 Å². The molecule has 1 aromatic heterocycles. The maximum absolute atomic E-state index is 11.2. The second-order valence-electron chi connectivity index (χ2n) is 3.02. The van der Waals surface area contributed by atoms with E-state index in [1.165, 1.54) is 0 Å². The molecule has 0 aliphatic heterocycles. The van der Waals surface area contributed by atoms with E-state index in [0.29, 0.717) is 32.1 Å². The van der Waals surface area contributed by atoms with Crippen molar-refractivity contribution in [2.45, 2.75) is 26.7 Å². The van der Waals surface area contributed by atoms with Crippen LogP contribution in [0.3, 0.4) is 0 Å². The highest BCUT2D eigenvalue weighted by atomic mass is 16.5. The minimum absolute atomic E-state index is 0.0896. The number of rotatable bonds is 7. The number of hydrogen-bond acceptors (Lipinski definition) is 6. The monoisotopic (exact) mass is 228 g/mol. The topological polar surface area (TPSA) is 74.5 Å². The molecule has 0 atom stereocenters. The molecule has 0 amide bonds.